The van der Waals surface area contributed by atoms with Gasteiger partial charge in [0.05, 0.1) is 5.84 Å². The van der Waals surface area contributed by atoms with Crippen LogP contribution in [-0.2, 0) is 0 Å². The standard InChI is InChI=1S/C4H10N2.ClH/c1-3-6-4(2)5;/h3H2,1-2H3,(H2,5,6);1H. The molecule has 2 nitrogen and oxygen atoms in total. The first-order chi connectivity index (χ1) is 2.77. The quantitative estimate of drug-likeness (QED) is 0.395. The summed E-state index contributed by atoms with van der Waals surface area (Å²) in [5.74, 6) is 0.539. The molecule has 0 heterocycles. The maximum absolute atomic E-state index is 6.78. The van der Waals surface area contributed by atoms with Crippen molar-refractivity contribution in [3.8, 4) is 0 Å². The predicted octanol–water partition coefficient (Wildman–Crippen LogP) is 1.01. The van der Waals surface area contributed by atoms with Gasteiger partial charge in [0.1, 0.15) is 0 Å². The van der Waals surface area contributed by atoms with Crippen LogP contribution in [-0.4, -0.2) is 12.4 Å². The molecule has 0 aromatic heterocycles. The number of amidine groups is 1. The van der Waals surface area contributed by atoms with Crippen LogP contribution in [0.4, 0.5) is 0 Å². The molecule has 0 bridgehead atoms. The highest BCUT2D eigenvalue weighted by atomic mass is 35.5. The maximum atomic E-state index is 6.78. The summed E-state index contributed by atoms with van der Waals surface area (Å²) >= 11 is 0. The molecule has 0 aromatic rings. The Morgan fingerprint density at radius 2 is 2.14 bits per heavy atom. The van der Waals surface area contributed by atoms with Crippen molar-refractivity contribution in [1.82, 2.24) is 5.32 Å². The zero-order valence-electron chi connectivity index (χ0n) is 4.62. The summed E-state index contributed by atoms with van der Waals surface area (Å²) in [6, 6.07) is 0. The van der Waals surface area contributed by atoms with Gasteiger partial charge in [0, 0.05) is 6.54 Å². The smallest absolute Gasteiger partial charge is 0.0899 e. The van der Waals surface area contributed by atoms with Crippen molar-refractivity contribution >= 4 is 18.2 Å². The van der Waals surface area contributed by atoms with Crippen molar-refractivity contribution in [3.63, 3.8) is 0 Å². The highest BCUT2D eigenvalue weighted by Crippen LogP contribution is 1.55. The van der Waals surface area contributed by atoms with Crippen LogP contribution in [0.5, 0.6) is 0 Å². The monoisotopic (exact) mass is 122 g/mol. The van der Waals surface area contributed by atoms with Crippen molar-refractivity contribution in [1.29, 1.82) is 5.41 Å². The lowest BCUT2D eigenvalue weighted by molar-refractivity contribution is 0.952. The molecular weight excluding hydrogens is 112 g/mol. The minimum Gasteiger partial charge on any atom is -0.375 e. The van der Waals surface area contributed by atoms with Gasteiger partial charge in [0.15, 0.2) is 0 Å². The minimum atomic E-state index is 0. The topological polar surface area (TPSA) is 35.9 Å². The van der Waals surface area contributed by atoms with Gasteiger partial charge in [0.2, 0.25) is 0 Å². The second-order valence-corrected chi connectivity index (χ2v) is 1.16. The third kappa shape index (κ3) is 10.7. The van der Waals surface area contributed by atoms with Crippen LogP contribution >= 0.6 is 12.4 Å². The highest BCUT2D eigenvalue weighted by molar-refractivity contribution is 5.85. The predicted molar refractivity (Wildman–Crippen MR) is 34.3 cm³/mol. The van der Waals surface area contributed by atoms with E-state index >= 15 is 0 Å². The molecule has 0 amide bonds. The van der Waals surface area contributed by atoms with Gasteiger partial charge in [-0.3, -0.25) is 5.41 Å². The summed E-state index contributed by atoms with van der Waals surface area (Å²) in [5.41, 5.74) is 0. The van der Waals surface area contributed by atoms with Crippen molar-refractivity contribution in [2.24, 2.45) is 0 Å². The first-order valence-electron chi connectivity index (χ1n) is 2.06. The van der Waals surface area contributed by atoms with Crippen LogP contribution in [0.2, 0.25) is 0 Å². The first-order valence-corrected chi connectivity index (χ1v) is 2.06. The van der Waals surface area contributed by atoms with E-state index in [2.05, 4.69) is 5.32 Å². The number of rotatable bonds is 1. The van der Waals surface area contributed by atoms with Gasteiger partial charge in [-0.25, -0.2) is 0 Å². The Labute approximate surface area is 50.2 Å². The highest BCUT2D eigenvalue weighted by Gasteiger charge is 1.73. The van der Waals surface area contributed by atoms with E-state index in [0.29, 0.717) is 5.84 Å². The summed E-state index contributed by atoms with van der Waals surface area (Å²) in [6.07, 6.45) is 0. The molecule has 0 fully saturated rings. The van der Waals surface area contributed by atoms with Gasteiger partial charge in [-0.1, -0.05) is 0 Å². The zero-order valence-corrected chi connectivity index (χ0v) is 5.43. The van der Waals surface area contributed by atoms with Crippen LogP contribution in [0.3, 0.4) is 0 Å². The molecular formula is C4H11ClN2. The van der Waals surface area contributed by atoms with E-state index in [9.17, 15) is 0 Å². The number of nitrogens with one attached hydrogen (secondary N) is 2. The normalized spacial score (nSPS) is 6.57. The second kappa shape index (κ2) is 5.76. The van der Waals surface area contributed by atoms with Crippen molar-refractivity contribution in [2.45, 2.75) is 13.8 Å². The van der Waals surface area contributed by atoms with Gasteiger partial charge in [-0.2, -0.15) is 0 Å². The van der Waals surface area contributed by atoms with Gasteiger partial charge in [-0.15, -0.1) is 12.4 Å². The Bertz CT molecular complexity index is 53.7. The van der Waals surface area contributed by atoms with Crippen LogP contribution < -0.4 is 5.32 Å². The molecule has 0 unspecified atom stereocenters. The van der Waals surface area contributed by atoms with Crippen LogP contribution in [0.15, 0.2) is 0 Å². The molecule has 0 atom stereocenters. The Hall–Kier alpha value is -0.240. The van der Waals surface area contributed by atoms with E-state index in [1.807, 2.05) is 6.92 Å². The second-order valence-electron chi connectivity index (χ2n) is 1.16. The van der Waals surface area contributed by atoms with Gasteiger partial charge in [-0.05, 0) is 13.8 Å². The lowest BCUT2D eigenvalue weighted by atomic mass is 10.6. The Morgan fingerprint density at radius 1 is 1.71 bits per heavy atom. The average Bonchev–Trinajstić information content (AvgIpc) is 1.35. The molecule has 0 aromatic carbocycles. The van der Waals surface area contributed by atoms with E-state index in [1.54, 1.807) is 6.92 Å². The molecule has 2 N–H and O–H groups in total. The molecule has 0 saturated heterocycles. The maximum Gasteiger partial charge on any atom is 0.0899 e. The summed E-state index contributed by atoms with van der Waals surface area (Å²) in [6.45, 7) is 4.55. The van der Waals surface area contributed by atoms with E-state index < -0.39 is 0 Å². The first kappa shape index (κ1) is 9.90. The van der Waals surface area contributed by atoms with E-state index in [-0.39, 0.29) is 12.4 Å². The molecule has 7 heavy (non-hydrogen) atoms. The third-order valence-corrected chi connectivity index (χ3v) is 0.442. The lowest BCUT2D eigenvalue weighted by Crippen LogP contribution is -2.17. The SMILES string of the molecule is CCNC(C)=N.Cl. The minimum absolute atomic E-state index is 0. The number of hydrogen-bond acceptors (Lipinski definition) is 1. The van der Waals surface area contributed by atoms with Crippen LogP contribution in [0.25, 0.3) is 0 Å². The fraction of sp³-hybridized carbons (Fsp3) is 0.750. The van der Waals surface area contributed by atoms with E-state index in [0.717, 1.165) is 6.54 Å². The molecule has 0 spiro atoms. The summed E-state index contributed by atoms with van der Waals surface area (Å²) < 4.78 is 0. The van der Waals surface area contributed by atoms with Gasteiger partial charge < -0.3 is 5.32 Å². The number of halogens is 1. The Morgan fingerprint density at radius 3 is 2.14 bits per heavy atom. The molecule has 0 aliphatic heterocycles. The van der Waals surface area contributed by atoms with Gasteiger partial charge in [0.25, 0.3) is 0 Å². The molecule has 3 heteroatoms. The third-order valence-electron chi connectivity index (χ3n) is 0.442. The fourth-order valence-electron chi connectivity index (χ4n) is 0.265. The van der Waals surface area contributed by atoms with Crippen LogP contribution in [0, 0.1) is 5.41 Å². The zero-order chi connectivity index (χ0) is 4.99. The van der Waals surface area contributed by atoms with Gasteiger partial charge >= 0.3 is 0 Å². The van der Waals surface area contributed by atoms with E-state index in [1.165, 1.54) is 0 Å². The van der Waals surface area contributed by atoms with Crippen LogP contribution in [0.1, 0.15) is 13.8 Å². The van der Waals surface area contributed by atoms with Crippen molar-refractivity contribution < 1.29 is 0 Å². The molecule has 0 radical (unpaired) electrons. The summed E-state index contributed by atoms with van der Waals surface area (Å²) in [4.78, 5) is 0. The molecule has 44 valence electrons. The molecule has 0 rings (SSSR count). The molecule has 0 saturated carbocycles. The Kier molecular flexibility index (Phi) is 8.15. The summed E-state index contributed by atoms with van der Waals surface area (Å²) in [5, 5.41) is 9.57. The summed E-state index contributed by atoms with van der Waals surface area (Å²) in [7, 11) is 0. The van der Waals surface area contributed by atoms with Crippen molar-refractivity contribution in [3.05, 3.63) is 0 Å². The molecule has 0 aliphatic carbocycles. The molecule has 0 aliphatic rings. The fourth-order valence-corrected chi connectivity index (χ4v) is 0.265. The lowest BCUT2D eigenvalue weighted by Gasteiger charge is -1.93. The number of hydrogen-bond donors (Lipinski definition) is 2. The van der Waals surface area contributed by atoms with E-state index in [4.69, 9.17) is 5.41 Å². The average molecular weight is 123 g/mol. The van der Waals surface area contributed by atoms with Crippen molar-refractivity contribution in [2.75, 3.05) is 6.54 Å². The Balaban J connectivity index is 0. The largest absolute Gasteiger partial charge is 0.375 e.